The normalized spacial score (nSPS) is 33.4. The average Bonchev–Trinajstić information content (AvgIpc) is 2.29. The van der Waals surface area contributed by atoms with Gasteiger partial charge in [0.1, 0.15) is 0 Å². The van der Waals surface area contributed by atoms with Gasteiger partial charge in [0.05, 0.1) is 17.6 Å². The van der Waals surface area contributed by atoms with Crippen molar-refractivity contribution in [2.75, 3.05) is 24.7 Å². The Morgan fingerprint density at radius 2 is 2.06 bits per heavy atom. The van der Waals surface area contributed by atoms with Crippen LogP contribution in [0.3, 0.4) is 0 Å². The zero-order chi connectivity index (χ0) is 12.1. The molecule has 100 valence electrons. The molecule has 0 amide bonds. The molecule has 1 N–H and O–H groups in total. The molecule has 17 heavy (non-hydrogen) atoms. The maximum Gasteiger partial charge on any atom is 0.151 e. The Morgan fingerprint density at radius 3 is 2.76 bits per heavy atom. The minimum Gasteiger partial charge on any atom is -0.378 e. The van der Waals surface area contributed by atoms with E-state index in [-0.39, 0.29) is 6.04 Å². The van der Waals surface area contributed by atoms with Gasteiger partial charge < -0.3 is 10.1 Å². The lowest BCUT2D eigenvalue weighted by Crippen LogP contribution is -2.41. The molecule has 0 spiro atoms. The summed E-state index contributed by atoms with van der Waals surface area (Å²) in [5.74, 6) is 0.690. The fourth-order valence-corrected chi connectivity index (χ4v) is 4.34. The van der Waals surface area contributed by atoms with Crippen LogP contribution < -0.4 is 5.32 Å². The Morgan fingerprint density at radius 1 is 1.18 bits per heavy atom. The monoisotopic (exact) mass is 261 g/mol. The number of ether oxygens (including phenoxy) is 1. The zero-order valence-corrected chi connectivity index (χ0v) is 11.2. The highest BCUT2D eigenvalue weighted by molar-refractivity contribution is 7.91. The Bertz CT molecular complexity index is 323. The molecule has 0 aromatic carbocycles. The van der Waals surface area contributed by atoms with Gasteiger partial charge in [-0.2, -0.15) is 0 Å². The van der Waals surface area contributed by atoms with Crippen LogP contribution in [0.2, 0.25) is 0 Å². The van der Waals surface area contributed by atoms with Gasteiger partial charge in [0.15, 0.2) is 9.84 Å². The summed E-state index contributed by atoms with van der Waals surface area (Å²) in [6, 6.07) is 0.164. The Kier molecular flexibility index (Phi) is 4.82. The number of sulfone groups is 1. The van der Waals surface area contributed by atoms with Crippen molar-refractivity contribution >= 4 is 9.84 Å². The third kappa shape index (κ3) is 4.56. The molecule has 2 unspecified atom stereocenters. The fraction of sp³-hybridized carbons (Fsp3) is 1.00. The van der Waals surface area contributed by atoms with Crippen LogP contribution in [0.25, 0.3) is 0 Å². The van der Waals surface area contributed by atoms with E-state index in [2.05, 4.69) is 5.32 Å². The van der Waals surface area contributed by atoms with E-state index in [1.165, 1.54) is 12.8 Å². The van der Waals surface area contributed by atoms with E-state index in [1.54, 1.807) is 0 Å². The van der Waals surface area contributed by atoms with Crippen molar-refractivity contribution < 1.29 is 13.2 Å². The van der Waals surface area contributed by atoms with Crippen LogP contribution in [0, 0.1) is 0 Å². The summed E-state index contributed by atoms with van der Waals surface area (Å²) in [5.41, 5.74) is 0. The third-order valence-corrected chi connectivity index (χ3v) is 5.46. The van der Waals surface area contributed by atoms with Gasteiger partial charge in [-0.25, -0.2) is 8.42 Å². The van der Waals surface area contributed by atoms with Crippen LogP contribution in [0.4, 0.5) is 0 Å². The predicted molar refractivity (Wildman–Crippen MR) is 67.9 cm³/mol. The van der Waals surface area contributed by atoms with Crippen molar-refractivity contribution in [3.8, 4) is 0 Å². The van der Waals surface area contributed by atoms with Crippen molar-refractivity contribution in [3.63, 3.8) is 0 Å². The highest BCUT2D eigenvalue weighted by atomic mass is 32.2. The van der Waals surface area contributed by atoms with Crippen LogP contribution in [0.5, 0.6) is 0 Å². The molecule has 2 rings (SSSR count). The Hall–Kier alpha value is -0.130. The third-order valence-electron chi connectivity index (χ3n) is 3.64. The van der Waals surface area contributed by atoms with Crippen molar-refractivity contribution in [1.82, 2.24) is 5.32 Å². The van der Waals surface area contributed by atoms with Crippen LogP contribution in [-0.2, 0) is 14.6 Å². The van der Waals surface area contributed by atoms with E-state index in [0.717, 1.165) is 38.8 Å². The van der Waals surface area contributed by atoms with Crippen LogP contribution in [0.1, 0.15) is 38.5 Å². The molecule has 2 atom stereocenters. The molecule has 0 aromatic heterocycles. The molecule has 2 fully saturated rings. The molecule has 4 nitrogen and oxygen atoms in total. The lowest BCUT2D eigenvalue weighted by atomic mass is 10.1. The molecule has 0 saturated carbocycles. The summed E-state index contributed by atoms with van der Waals surface area (Å²) in [6.45, 7) is 1.77. The maximum absolute atomic E-state index is 11.5. The Balaban J connectivity index is 1.64. The van der Waals surface area contributed by atoms with Crippen molar-refractivity contribution in [1.29, 1.82) is 0 Å². The highest BCUT2D eigenvalue weighted by Crippen LogP contribution is 2.16. The van der Waals surface area contributed by atoms with Gasteiger partial charge in [-0.3, -0.25) is 0 Å². The van der Waals surface area contributed by atoms with Gasteiger partial charge in [0, 0.05) is 12.6 Å². The van der Waals surface area contributed by atoms with Crippen molar-refractivity contribution in [3.05, 3.63) is 0 Å². The molecule has 5 heteroatoms. The number of rotatable bonds is 4. The summed E-state index contributed by atoms with van der Waals surface area (Å²) in [6.07, 6.45) is 6.80. The minimum atomic E-state index is -2.78. The second kappa shape index (κ2) is 6.16. The van der Waals surface area contributed by atoms with Gasteiger partial charge in [-0.15, -0.1) is 0 Å². The van der Waals surface area contributed by atoms with Gasteiger partial charge in [-0.1, -0.05) is 0 Å². The van der Waals surface area contributed by atoms with Gasteiger partial charge in [-0.05, 0) is 45.1 Å². The molecule has 0 aromatic rings. The first-order valence-electron chi connectivity index (χ1n) is 6.71. The van der Waals surface area contributed by atoms with Gasteiger partial charge >= 0.3 is 0 Å². The smallest absolute Gasteiger partial charge is 0.151 e. The maximum atomic E-state index is 11.5. The zero-order valence-electron chi connectivity index (χ0n) is 10.4. The molecule has 0 bridgehead atoms. The van der Waals surface area contributed by atoms with Crippen LogP contribution in [-0.4, -0.2) is 45.2 Å². The first kappa shape index (κ1) is 13.3. The van der Waals surface area contributed by atoms with Gasteiger partial charge in [0.2, 0.25) is 0 Å². The second-order valence-electron chi connectivity index (χ2n) is 5.18. The minimum absolute atomic E-state index is 0.164. The first-order valence-corrected chi connectivity index (χ1v) is 8.53. The number of hydrogen-bond donors (Lipinski definition) is 1. The summed E-state index contributed by atoms with van der Waals surface area (Å²) in [5, 5.41) is 3.37. The average molecular weight is 261 g/mol. The SMILES string of the molecule is O=S1(=O)CCCC(NCCC2CCCCO2)C1. The number of hydrogen-bond acceptors (Lipinski definition) is 4. The molecular weight excluding hydrogens is 238 g/mol. The predicted octanol–water partition coefficient (Wildman–Crippen LogP) is 1.11. The summed E-state index contributed by atoms with van der Waals surface area (Å²) in [4.78, 5) is 0. The largest absolute Gasteiger partial charge is 0.378 e. The standard InChI is InChI=1S/C12H23NO3S/c14-17(15)9-3-4-11(10-17)13-7-6-12-5-1-2-8-16-12/h11-13H,1-10H2. The van der Waals surface area contributed by atoms with E-state index in [0.29, 0.717) is 17.6 Å². The first-order chi connectivity index (χ1) is 8.16. The van der Waals surface area contributed by atoms with E-state index in [4.69, 9.17) is 4.74 Å². The highest BCUT2D eigenvalue weighted by Gasteiger charge is 2.24. The van der Waals surface area contributed by atoms with Crippen molar-refractivity contribution in [2.45, 2.75) is 50.7 Å². The van der Waals surface area contributed by atoms with Crippen LogP contribution in [0.15, 0.2) is 0 Å². The Labute approximate surface area is 104 Å². The van der Waals surface area contributed by atoms with E-state index in [9.17, 15) is 8.42 Å². The summed E-state index contributed by atoms with van der Waals surface area (Å²) >= 11 is 0. The topological polar surface area (TPSA) is 55.4 Å². The molecule has 2 aliphatic heterocycles. The lowest BCUT2D eigenvalue weighted by Gasteiger charge is -2.26. The molecule has 2 aliphatic rings. The molecule has 2 heterocycles. The van der Waals surface area contributed by atoms with Crippen molar-refractivity contribution in [2.24, 2.45) is 0 Å². The van der Waals surface area contributed by atoms with E-state index >= 15 is 0 Å². The lowest BCUT2D eigenvalue weighted by molar-refractivity contribution is 0.0112. The molecule has 0 aliphatic carbocycles. The number of nitrogens with one attached hydrogen (secondary N) is 1. The van der Waals surface area contributed by atoms with E-state index in [1.807, 2.05) is 0 Å². The second-order valence-corrected chi connectivity index (χ2v) is 7.41. The molecule has 2 saturated heterocycles. The summed E-state index contributed by atoms with van der Waals surface area (Å²) in [7, 11) is -2.78. The van der Waals surface area contributed by atoms with E-state index < -0.39 is 9.84 Å². The van der Waals surface area contributed by atoms with Crippen LogP contribution >= 0.6 is 0 Å². The molecular formula is C12H23NO3S. The quantitative estimate of drug-likeness (QED) is 0.824. The summed E-state index contributed by atoms with van der Waals surface area (Å²) < 4.78 is 28.6. The molecule has 0 radical (unpaired) electrons. The fourth-order valence-electron chi connectivity index (χ4n) is 2.67. The van der Waals surface area contributed by atoms with Gasteiger partial charge in [0.25, 0.3) is 0 Å².